The maximum absolute atomic E-state index is 2.44. The van der Waals surface area contributed by atoms with Gasteiger partial charge in [-0.2, -0.15) is 0 Å². The van der Waals surface area contributed by atoms with Crippen LogP contribution in [0, 0.1) is 20.8 Å². The van der Waals surface area contributed by atoms with Crippen molar-refractivity contribution in [3.8, 4) is 0 Å². The summed E-state index contributed by atoms with van der Waals surface area (Å²) in [6.45, 7) is 19.7. The first-order chi connectivity index (χ1) is 15.4. The molecule has 3 aromatic carbocycles. The molecule has 2 heteroatoms. The standard InChI is InChI=1S/C30H40N2/c1-8-31(9-2)26-18-14-23(6)28(20-26)30(25-16-12-22(5)13-17-25)29-21-27(19-15-24(29)7)32(10-3)11-4/h12-21,30H,8-11H2,1-7H3. The molecular formula is C30H40N2. The van der Waals surface area contributed by atoms with Crippen molar-refractivity contribution in [2.75, 3.05) is 36.0 Å². The molecule has 3 rings (SSSR count). The summed E-state index contributed by atoms with van der Waals surface area (Å²) < 4.78 is 0. The van der Waals surface area contributed by atoms with Crippen molar-refractivity contribution in [2.45, 2.75) is 54.4 Å². The summed E-state index contributed by atoms with van der Waals surface area (Å²) in [7, 11) is 0. The fourth-order valence-electron chi connectivity index (χ4n) is 4.73. The van der Waals surface area contributed by atoms with Crippen LogP contribution in [-0.2, 0) is 0 Å². The molecule has 0 saturated heterocycles. The van der Waals surface area contributed by atoms with Gasteiger partial charge in [-0.1, -0.05) is 42.0 Å². The van der Waals surface area contributed by atoms with E-state index in [1.165, 1.54) is 44.8 Å². The van der Waals surface area contributed by atoms with Crippen LogP contribution in [0.25, 0.3) is 0 Å². The lowest BCUT2D eigenvalue weighted by Crippen LogP contribution is -2.23. The van der Waals surface area contributed by atoms with Crippen molar-refractivity contribution in [1.82, 2.24) is 0 Å². The molecule has 0 unspecified atom stereocenters. The third-order valence-electron chi connectivity index (χ3n) is 6.82. The van der Waals surface area contributed by atoms with Crippen molar-refractivity contribution in [1.29, 1.82) is 0 Å². The summed E-state index contributed by atoms with van der Waals surface area (Å²) in [5, 5.41) is 0. The van der Waals surface area contributed by atoms with Crippen LogP contribution in [0.4, 0.5) is 11.4 Å². The van der Waals surface area contributed by atoms with Gasteiger partial charge in [0.2, 0.25) is 0 Å². The molecule has 0 heterocycles. The van der Waals surface area contributed by atoms with Crippen molar-refractivity contribution >= 4 is 11.4 Å². The van der Waals surface area contributed by atoms with Gasteiger partial charge in [-0.15, -0.1) is 0 Å². The minimum Gasteiger partial charge on any atom is -0.372 e. The molecule has 0 radical (unpaired) electrons. The van der Waals surface area contributed by atoms with Gasteiger partial charge < -0.3 is 9.80 Å². The van der Waals surface area contributed by atoms with E-state index in [0.717, 1.165) is 26.2 Å². The topological polar surface area (TPSA) is 6.48 Å². The van der Waals surface area contributed by atoms with E-state index in [-0.39, 0.29) is 5.92 Å². The van der Waals surface area contributed by atoms with Crippen molar-refractivity contribution in [3.05, 3.63) is 94.0 Å². The quantitative estimate of drug-likeness (QED) is 0.326. The van der Waals surface area contributed by atoms with E-state index in [1.54, 1.807) is 0 Å². The number of nitrogens with zero attached hydrogens (tertiary/aromatic N) is 2. The van der Waals surface area contributed by atoms with E-state index in [2.05, 4.69) is 119 Å². The van der Waals surface area contributed by atoms with Crippen LogP contribution in [0.15, 0.2) is 60.7 Å². The Morgan fingerprint density at radius 1 is 0.562 bits per heavy atom. The molecule has 0 fully saturated rings. The SMILES string of the molecule is CCN(CC)c1ccc(C)c(C(c2ccc(C)cc2)c2cc(N(CC)CC)ccc2C)c1. The molecule has 0 aliphatic heterocycles. The average Bonchev–Trinajstić information content (AvgIpc) is 2.80. The average molecular weight is 429 g/mol. The highest BCUT2D eigenvalue weighted by Gasteiger charge is 2.22. The zero-order valence-corrected chi connectivity index (χ0v) is 21.1. The second kappa shape index (κ2) is 10.7. The molecule has 170 valence electrons. The Morgan fingerprint density at radius 3 is 1.34 bits per heavy atom. The number of rotatable bonds is 9. The number of aryl methyl sites for hydroxylation is 3. The van der Waals surface area contributed by atoms with Gasteiger partial charge >= 0.3 is 0 Å². The molecule has 0 aliphatic rings. The maximum atomic E-state index is 2.44. The lowest BCUT2D eigenvalue weighted by molar-refractivity contribution is 0.855. The molecule has 0 aliphatic carbocycles. The van der Waals surface area contributed by atoms with Gasteiger partial charge in [-0.05, 0) is 101 Å². The van der Waals surface area contributed by atoms with Crippen molar-refractivity contribution in [2.24, 2.45) is 0 Å². The van der Waals surface area contributed by atoms with E-state index in [1.807, 2.05) is 0 Å². The van der Waals surface area contributed by atoms with Crippen LogP contribution in [0.1, 0.15) is 67.0 Å². The predicted octanol–water partition coefficient (Wildman–Crippen LogP) is 7.48. The largest absolute Gasteiger partial charge is 0.372 e. The summed E-state index contributed by atoms with van der Waals surface area (Å²) in [6, 6.07) is 23.1. The number of anilines is 2. The molecule has 0 aromatic heterocycles. The lowest BCUT2D eigenvalue weighted by Gasteiger charge is -2.28. The summed E-state index contributed by atoms with van der Waals surface area (Å²) in [5.74, 6) is 0.210. The lowest BCUT2D eigenvalue weighted by atomic mass is 9.80. The van der Waals surface area contributed by atoms with Gasteiger partial charge in [0.15, 0.2) is 0 Å². The van der Waals surface area contributed by atoms with E-state index in [4.69, 9.17) is 0 Å². The zero-order chi connectivity index (χ0) is 23.3. The fourth-order valence-corrected chi connectivity index (χ4v) is 4.73. The summed E-state index contributed by atoms with van der Waals surface area (Å²) in [6.07, 6.45) is 0. The van der Waals surface area contributed by atoms with Crippen LogP contribution < -0.4 is 9.80 Å². The summed E-state index contributed by atoms with van der Waals surface area (Å²) in [4.78, 5) is 4.88. The minimum atomic E-state index is 0.210. The van der Waals surface area contributed by atoms with Gasteiger partial charge in [-0.25, -0.2) is 0 Å². The highest BCUT2D eigenvalue weighted by atomic mass is 15.1. The van der Waals surface area contributed by atoms with E-state index in [9.17, 15) is 0 Å². The Hall–Kier alpha value is -2.74. The first-order valence-corrected chi connectivity index (χ1v) is 12.2. The monoisotopic (exact) mass is 428 g/mol. The van der Waals surface area contributed by atoms with Gasteiger partial charge in [0.05, 0.1) is 0 Å². The molecule has 0 N–H and O–H groups in total. The van der Waals surface area contributed by atoms with E-state index in [0.29, 0.717) is 0 Å². The molecule has 0 spiro atoms. The van der Waals surface area contributed by atoms with Crippen LogP contribution in [0.3, 0.4) is 0 Å². The highest BCUT2D eigenvalue weighted by Crippen LogP contribution is 2.39. The Kier molecular flexibility index (Phi) is 8.01. The van der Waals surface area contributed by atoms with E-state index < -0.39 is 0 Å². The van der Waals surface area contributed by atoms with Crippen LogP contribution in [0.5, 0.6) is 0 Å². The Bertz CT molecular complexity index is 950. The normalized spacial score (nSPS) is 11.1. The molecule has 0 saturated carbocycles. The third kappa shape index (κ3) is 5.01. The number of benzene rings is 3. The van der Waals surface area contributed by atoms with Gasteiger partial charge in [-0.3, -0.25) is 0 Å². The zero-order valence-electron chi connectivity index (χ0n) is 21.1. The van der Waals surface area contributed by atoms with Crippen molar-refractivity contribution < 1.29 is 0 Å². The summed E-state index contributed by atoms with van der Waals surface area (Å²) in [5.41, 5.74) is 10.8. The van der Waals surface area contributed by atoms with Crippen LogP contribution in [-0.4, -0.2) is 26.2 Å². The van der Waals surface area contributed by atoms with Crippen LogP contribution in [0.2, 0.25) is 0 Å². The molecule has 0 bridgehead atoms. The third-order valence-corrected chi connectivity index (χ3v) is 6.82. The Morgan fingerprint density at radius 2 is 0.969 bits per heavy atom. The fraction of sp³-hybridized carbons (Fsp3) is 0.400. The smallest absolute Gasteiger partial charge is 0.0369 e. The maximum Gasteiger partial charge on any atom is 0.0369 e. The minimum absolute atomic E-state index is 0.210. The molecule has 0 atom stereocenters. The number of hydrogen-bond donors (Lipinski definition) is 0. The first-order valence-electron chi connectivity index (χ1n) is 12.2. The predicted molar refractivity (Wildman–Crippen MR) is 142 cm³/mol. The highest BCUT2D eigenvalue weighted by molar-refractivity contribution is 5.60. The molecule has 2 nitrogen and oxygen atoms in total. The second-order valence-corrected chi connectivity index (χ2v) is 8.77. The molecule has 0 amide bonds. The van der Waals surface area contributed by atoms with Crippen LogP contribution >= 0.6 is 0 Å². The molecular weight excluding hydrogens is 388 g/mol. The Balaban J connectivity index is 2.25. The van der Waals surface area contributed by atoms with Crippen molar-refractivity contribution in [3.63, 3.8) is 0 Å². The van der Waals surface area contributed by atoms with Gasteiger partial charge in [0, 0.05) is 43.5 Å². The Labute approximate surface area is 195 Å². The first kappa shape index (κ1) is 23.9. The second-order valence-electron chi connectivity index (χ2n) is 8.77. The van der Waals surface area contributed by atoms with E-state index >= 15 is 0 Å². The number of hydrogen-bond acceptors (Lipinski definition) is 2. The van der Waals surface area contributed by atoms with Gasteiger partial charge in [0.25, 0.3) is 0 Å². The molecule has 3 aromatic rings. The van der Waals surface area contributed by atoms with Gasteiger partial charge in [0.1, 0.15) is 0 Å². The molecule has 32 heavy (non-hydrogen) atoms. The summed E-state index contributed by atoms with van der Waals surface area (Å²) >= 11 is 0.